The summed E-state index contributed by atoms with van der Waals surface area (Å²) >= 11 is 0. The van der Waals surface area contributed by atoms with Crippen molar-refractivity contribution in [3.05, 3.63) is 30.2 Å². The molecule has 0 spiro atoms. The van der Waals surface area contributed by atoms with Gasteiger partial charge >= 0.3 is 5.97 Å². The lowest BCUT2D eigenvalue weighted by Gasteiger charge is -2.15. The predicted octanol–water partition coefficient (Wildman–Crippen LogP) is 2.14. The van der Waals surface area contributed by atoms with Gasteiger partial charge in [-0.15, -0.1) is 12.3 Å². The standard InChI is InChI=1S/C15H14FN3O2/c1-3-7-12(15(20)21-4-2)19-14-13(16)17-10-8-5-6-9-11(10)18-14/h1,5-6,8-9,12H,4,7H2,2H3,(H,18,19). The molecule has 108 valence electrons. The third kappa shape index (κ3) is 3.45. The number of para-hydroxylation sites is 2. The molecule has 21 heavy (non-hydrogen) atoms. The molecule has 0 aliphatic heterocycles. The summed E-state index contributed by atoms with van der Waals surface area (Å²) in [5.41, 5.74) is 0.954. The molecule has 6 heteroatoms. The van der Waals surface area contributed by atoms with Crippen LogP contribution >= 0.6 is 0 Å². The molecule has 0 bridgehead atoms. The third-order valence-corrected chi connectivity index (χ3v) is 2.73. The number of carbonyl (C=O) groups excluding carboxylic acids is 1. The van der Waals surface area contributed by atoms with E-state index in [1.165, 1.54) is 0 Å². The zero-order valence-electron chi connectivity index (χ0n) is 11.5. The Kier molecular flexibility index (Phi) is 4.67. The van der Waals surface area contributed by atoms with Crippen LogP contribution in [0.5, 0.6) is 0 Å². The molecule has 1 N–H and O–H groups in total. The molecule has 1 aromatic heterocycles. The molecule has 5 nitrogen and oxygen atoms in total. The molecule has 0 aliphatic rings. The van der Waals surface area contributed by atoms with Crippen LogP contribution in [0.25, 0.3) is 11.0 Å². The lowest BCUT2D eigenvalue weighted by molar-refractivity contribution is -0.143. The van der Waals surface area contributed by atoms with E-state index < -0.39 is 18.0 Å². The summed E-state index contributed by atoms with van der Waals surface area (Å²) in [5.74, 6) is 0.884. The average Bonchev–Trinajstić information content (AvgIpc) is 2.47. The maximum atomic E-state index is 13.9. The number of nitrogens with zero attached hydrogens (tertiary/aromatic N) is 2. The van der Waals surface area contributed by atoms with Crippen molar-refractivity contribution in [2.45, 2.75) is 19.4 Å². The summed E-state index contributed by atoms with van der Waals surface area (Å²) < 4.78 is 18.8. The van der Waals surface area contributed by atoms with Crippen LogP contribution in [-0.4, -0.2) is 28.6 Å². The van der Waals surface area contributed by atoms with E-state index in [0.717, 1.165) is 0 Å². The highest BCUT2D eigenvalue weighted by molar-refractivity contribution is 5.80. The molecule has 2 rings (SSSR count). The second kappa shape index (κ2) is 6.66. The summed E-state index contributed by atoms with van der Waals surface area (Å²) in [4.78, 5) is 19.7. The molecule has 1 unspecified atom stereocenters. The number of fused-ring (bicyclic) bond motifs is 1. The van der Waals surface area contributed by atoms with E-state index in [9.17, 15) is 9.18 Å². The minimum absolute atomic E-state index is 0.0623. The Balaban J connectivity index is 2.30. The van der Waals surface area contributed by atoms with Crippen molar-refractivity contribution < 1.29 is 13.9 Å². The number of hydrogen-bond donors (Lipinski definition) is 1. The number of benzene rings is 1. The van der Waals surface area contributed by atoms with Crippen molar-refractivity contribution in [3.63, 3.8) is 0 Å². The van der Waals surface area contributed by atoms with Gasteiger partial charge in [-0.05, 0) is 19.1 Å². The number of aromatic nitrogens is 2. The fraction of sp³-hybridized carbons (Fsp3) is 0.267. The Hall–Kier alpha value is -2.68. The first-order valence-corrected chi connectivity index (χ1v) is 6.44. The zero-order chi connectivity index (χ0) is 15.2. The van der Waals surface area contributed by atoms with Crippen LogP contribution < -0.4 is 5.32 Å². The number of nitrogens with one attached hydrogen (secondary N) is 1. The minimum Gasteiger partial charge on any atom is -0.464 e. The SMILES string of the molecule is C#CCC(Nc1nc2ccccc2nc1F)C(=O)OCC. The van der Waals surface area contributed by atoms with E-state index in [0.29, 0.717) is 11.0 Å². The monoisotopic (exact) mass is 287 g/mol. The van der Waals surface area contributed by atoms with Gasteiger partial charge in [0.1, 0.15) is 6.04 Å². The summed E-state index contributed by atoms with van der Waals surface area (Å²) in [7, 11) is 0. The molecule has 0 radical (unpaired) electrons. The first-order chi connectivity index (χ1) is 10.2. The molecule has 0 saturated heterocycles. The third-order valence-electron chi connectivity index (χ3n) is 2.73. The summed E-state index contributed by atoms with van der Waals surface area (Å²) in [6.07, 6.45) is 5.28. The van der Waals surface area contributed by atoms with Gasteiger partial charge < -0.3 is 10.1 Å². The molecule has 2 aromatic rings. The number of esters is 1. The van der Waals surface area contributed by atoms with Crippen LogP contribution in [0.1, 0.15) is 13.3 Å². The van der Waals surface area contributed by atoms with Gasteiger partial charge in [0.05, 0.1) is 17.6 Å². The number of ether oxygens (including phenoxy) is 1. The quantitative estimate of drug-likeness (QED) is 0.674. The first-order valence-electron chi connectivity index (χ1n) is 6.44. The van der Waals surface area contributed by atoms with E-state index in [-0.39, 0.29) is 18.8 Å². The predicted molar refractivity (Wildman–Crippen MR) is 77.0 cm³/mol. The van der Waals surface area contributed by atoms with Gasteiger partial charge in [-0.25, -0.2) is 14.8 Å². The smallest absolute Gasteiger partial charge is 0.329 e. The van der Waals surface area contributed by atoms with Gasteiger partial charge in [0.25, 0.3) is 5.95 Å². The molecule has 1 heterocycles. The molecule has 0 aliphatic carbocycles. The average molecular weight is 287 g/mol. The number of terminal acetylenes is 1. The normalized spacial score (nSPS) is 11.7. The van der Waals surface area contributed by atoms with Gasteiger partial charge in [-0.3, -0.25) is 0 Å². The molecular formula is C15H14FN3O2. The first kappa shape index (κ1) is 14.7. The van der Waals surface area contributed by atoms with Gasteiger partial charge in [-0.2, -0.15) is 4.39 Å². The molecular weight excluding hydrogens is 273 g/mol. The highest BCUT2D eigenvalue weighted by Crippen LogP contribution is 2.17. The van der Waals surface area contributed by atoms with Crippen LogP contribution in [-0.2, 0) is 9.53 Å². The Morgan fingerprint density at radius 3 is 2.71 bits per heavy atom. The second-order valence-electron chi connectivity index (χ2n) is 4.21. The maximum Gasteiger partial charge on any atom is 0.329 e. The summed E-state index contributed by atoms with van der Waals surface area (Å²) in [6.45, 7) is 1.90. The van der Waals surface area contributed by atoms with Crippen molar-refractivity contribution in [3.8, 4) is 12.3 Å². The Morgan fingerprint density at radius 1 is 1.43 bits per heavy atom. The van der Waals surface area contributed by atoms with Crippen molar-refractivity contribution >= 4 is 22.8 Å². The topological polar surface area (TPSA) is 64.1 Å². The van der Waals surface area contributed by atoms with Crippen LogP contribution in [0.3, 0.4) is 0 Å². The van der Waals surface area contributed by atoms with E-state index >= 15 is 0 Å². The summed E-state index contributed by atoms with van der Waals surface area (Å²) in [5, 5.41) is 2.66. The summed E-state index contributed by atoms with van der Waals surface area (Å²) in [6, 6.07) is 6.00. The van der Waals surface area contributed by atoms with Gasteiger partial charge in [-0.1, -0.05) is 12.1 Å². The van der Waals surface area contributed by atoms with Crippen molar-refractivity contribution in [1.29, 1.82) is 0 Å². The fourth-order valence-corrected chi connectivity index (χ4v) is 1.79. The van der Waals surface area contributed by atoms with Crippen LogP contribution in [0, 0.1) is 18.3 Å². The molecule has 0 saturated carbocycles. The second-order valence-corrected chi connectivity index (χ2v) is 4.21. The Bertz CT molecular complexity index is 697. The number of carbonyl (C=O) groups is 1. The van der Waals surface area contributed by atoms with E-state index in [4.69, 9.17) is 11.2 Å². The van der Waals surface area contributed by atoms with E-state index in [1.54, 1.807) is 31.2 Å². The fourth-order valence-electron chi connectivity index (χ4n) is 1.79. The molecule has 0 amide bonds. The lowest BCUT2D eigenvalue weighted by Crippen LogP contribution is -2.32. The molecule has 0 fully saturated rings. The Morgan fingerprint density at radius 2 is 2.10 bits per heavy atom. The van der Waals surface area contributed by atoms with Crippen molar-refractivity contribution in [2.24, 2.45) is 0 Å². The lowest BCUT2D eigenvalue weighted by atomic mass is 10.2. The number of rotatable bonds is 5. The van der Waals surface area contributed by atoms with E-state index in [2.05, 4.69) is 21.2 Å². The number of halogens is 1. The number of anilines is 1. The zero-order valence-corrected chi connectivity index (χ0v) is 11.5. The van der Waals surface area contributed by atoms with Gasteiger partial charge in [0.2, 0.25) is 0 Å². The van der Waals surface area contributed by atoms with Crippen LogP contribution in [0.2, 0.25) is 0 Å². The highest BCUT2D eigenvalue weighted by atomic mass is 19.1. The van der Waals surface area contributed by atoms with Crippen molar-refractivity contribution in [1.82, 2.24) is 9.97 Å². The molecule has 1 atom stereocenters. The largest absolute Gasteiger partial charge is 0.464 e. The molecule has 1 aromatic carbocycles. The van der Waals surface area contributed by atoms with Crippen LogP contribution in [0.15, 0.2) is 24.3 Å². The van der Waals surface area contributed by atoms with Crippen LogP contribution in [0.4, 0.5) is 10.2 Å². The maximum absolute atomic E-state index is 13.9. The van der Waals surface area contributed by atoms with E-state index in [1.807, 2.05) is 0 Å². The highest BCUT2D eigenvalue weighted by Gasteiger charge is 2.21. The number of hydrogen-bond acceptors (Lipinski definition) is 5. The Labute approximate surface area is 121 Å². The van der Waals surface area contributed by atoms with Gasteiger partial charge in [0, 0.05) is 6.42 Å². The van der Waals surface area contributed by atoms with Crippen molar-refractivity contribution in [2.75, 3.05) is 11.9 Å². The minimum atomic E-state index is -0.861. The van der Waals surface area contributed by atoms with Gasteiger partial charge in [0.15, 0.2) is 5.82 Å².